The third kappa shape index (κ3) is 5.69. The fraction of sp³-hybridized carbons (Fsp3) is 0.647. The molecule has 2 bridgehead atoms. The van der Waals surface area contributed by atoms with Crippen LogP contribution in [0.15, 0.2) is 46.1 Å². The predicted molar refractivity (Wildman–Crippen MR) is 166 cm³/mol. The van der Waals surface area contributed by atoms with Crippen molar-refractivity contribution in [2.24, 2.45) is 16.7 Å². The molecule has 2 saturated carbocycles. The molecule has 1 aromatic heterocycles. The molecular weight excluding hydrogens is 646 g/mol. The van der Waals surface area contributed by atoms with Crippen molar-refractivity contribution in [1.82, 2.24) is 5.32 Å². The Morgan fingerprint density at radius 3 is 2.43 bits per heavy atom. The van der Waals surface area contributed by atoms with E-state index in [2.05, 4.69) is 5.32 Å². The van der Waals surface area contributed by atoms with E-state index in [0.29, 0.717) is 0 Å². The van der Waals surface area contributed by atoms with E-state index in [1.54, 1.807) is 19.1 Å². The lowest BCUT2D eigenvalue weighted by Crippen LogP contribution is -2.81. The van der Waals surface area contributed by atoms with Gasteiger partial charge in [0.2, 0.25) is 0 Å². The minimum atomic E-state index is -2.25. The largest absolute Gasteiger partial charge is 0.467 e. The molecule has 6 N–H and O–H groups in total. The molecule has 5 rings (SSSR count). The van der Waals surface area contributed by atoms with Gasteiger partial charge in [-0.15, -0.1) is 0 Å². The van der Waals surface area contributed by atoms with Crippen LogP contribution in [0.25, 0.3) is 0 Å². The summed E-state index contributed by atoms with van der Waals surface area (Å²) in [5.41, 5.74) is -7.46. The summed E-state index contributed by atoms with van der Waals surface area (Å²) in [5.74, 6) is -4.51. The number of ketones is 1. The van der Waals surface area contributed by atoms with E-state index in [1.807, 2.05) is 0 Å². The fourth-order valence-corrected chi connectivity index (χ4v) is 8.31. The van der Waals surface area contributed by atoms with Gasteiger partial charge in [0.1, 0.15) is 47.9 Å². The van der Waals surface area contributed by atoms with Gasteiger partial charge in [-0.05, 0) is 44.1 Å². The number of ether oxygens (including phenoxy) is 4. The van der Waals surface area contributed by atoms with Gasteiger partial charge in [0, 0.05) is 31.1 Å². The lowest BCUT2D eigenvalue weighted by Gasteiger charge is -2.66. The Kier molecular flexibility index (Phi) is 9.68. The number of carbonyl (C=O) groups is 4. The maximum Gasteiger partial charge on any atom is 0.408 e. The lowest BCUT2D eigenvalue weighted by atomic mass is 9.45. The van der Waals surface area contributed by atoms with Crippen molar-refractivity contribution >= 4 is 23.8 Å². The van der Waals surface area contributed by atoms with E-state index in [1.165, 1.54) is 46.1 Å². The van der Waals surface area contributed by atoms with Crippen molar-refractivity contribution in [3.05, 3.63) is 47.5 Å². The number of rotatable bonds is 8. The number of nitrogens with one attached hydrogen (secondary N) is 1. The van der Waals surface area contributed by atoms with Gasteiger partial charge in [0.15, 0.2) is 11.9 Å². The van der Waals surface area contributed by atoms with Crippen LogP contribution in [-0.4, -0.2) is 110 Å². The van der Waals surface area contributed by atoms with Gasteiger partial charge in [-0.1, -0.05) is 26.0 Å². The zero-order valence-electron chi connectivity index (χ0n) is 28.2. The summed E-state index contributed by atoms with van der Waals surface area (Å²) in [4.78, 5) is 53.2. The Balaban J connectivity index is 1.57. The molecule has 0 aromatic carbocycles. The number of hydrogen-bond acceptors (Lipinski definition) is 14. The van der Waals surface area contributed by atoms with Crippen LogP contribution < -0.4 is 5.32 Å². The second-order valence-corrected chi connectivity index (χ2v) is 14.1. The molecule has 2 heterocycles. The van der Waals surface area contributed by atoms with Crippen LogP contribution in [0.4, 0.5) is 4.79 Å². The number of aliphatic hydroxyl groups excluding tert-OH is 3. The second kappa shape index (κ2) is 12.9. The number of allylic oxidation sites excluding steroid dienone is 1. The Morgan fingerprint density at radius 1 is 1.16 bits per heavy atom. The lowest BCUT2D eigenvalue weighted by molar-refractivity contribution is -0.345. The number of aliphatic hydroxyl groups is 5. The highest BCUT2D eigenvalue weighted by Crippen LogP contribution is 2.63. The van der Waals surface area contributed by atoms with Crippen LogP contribution in [-0.2, 0) is 33.3 Å². The van der Waals surface area contributed by atoms with Crippen LogP contribution in [0.1, 0.15) is 66.2 Å². The van der Waals surface area contributed by atoms with Crippen molar-refractivity contribution in [1.29, 1.82) is 0 Å². The van der Waals surface area contributed by atoms with Crippen molar-refractivity contribution in [3.8, 4) is 0 Å². The summed E-state index contributed by atoms with van der Waals surface area (Å²) in [7, 11) is 0. The Morgan fingerprint density at radius 2 is 1.86 bits per heavy atom. The molecule has 11 atom stereocenters. The Labute approximate surface area is 282 Å². The SMILES string of the molecule is C/C=C/COC(=O)N[C@@H](c1ccco1)[C@@H](O)C(=O)O[C@H]1C[C@@]2(O)[C@@H](OC(C)=O)[C@@H]3[C@]4(O)CO[C@@H]4C[C@H](O)[C@@]3(C)C(=O)[C@H](O)C(=C1C)C2(C)C. The quantitative estimate of drug-likeness (QED) is 0.126. The van der Waals surface area contributed by atoms with Crippen LogP contribution in [0.5, 0.6) is 0 Å². The van der Waals surface area contributed by atoms with E-state index in [-0.39, 0.29) is 36.5 Å². The summed E-state index contributed by atoms with van der Waals surface area (Å²) in [6.07, 6.45) is -6.69. The van der Waals surface area contributed by atoms with Crippen LogP contribution in [0.3, 0.4) is 0 Å². The molecule has 0 radical (unpaired) electrons. The van der Waals surface area contributed by atoms with E-state index >= 15 is 0 Å². The molecule has 49 heavy (non-hydrogen) atoms. The number of Topliss-reactive ketones (excluding diaryl/α,β-unsaturated/α-hetero) is 1. The highest BCUT2D eigenvalue weighted by Gasteiger charge is 2.76. The number of hydrogen-bond donors (Lipinski definition) is 6. The summed E-state index contributed by atoms with van der Waals surface area (Å²) < 4.78 is 27.5. The van der Waals surface area contributed by atoms with Crippen molar-refractivity contribution in [3.63, 3.8) is 0 Å². The molecule has 3 aliphatic carbocycles. The van der Waals surface area contributed by atoms with E-state index in [9.17, 15) is 44.7 Å². The van der Waals surface area contributed by atoms with Gasteiger partial charge in [-0.25, -0.2) is 9.59 Å². The minimum absolute atomic E-state index is 0.00679. The smallest absolute Gasteiger partial charge is 0.408 e. The first-order valence-electron chi connectivity index (χ1n) is 16.2. The summed E-state index contributed by atoms with van der Waals surface area (Å²) >= 11 is 0. The van der Waals surface area contributed by atoms with Gasteiger partial charge >= 0.3 is 18.0 Å². The summed E-state index contributed by atoms with van der Waals surface area (Å²) in [6, 6.07) is 1.41. The van der Waals surface area contributed by atoms with Gasteiger partial charge in [-0.3, -0.25) is 9.59 Å². The van der Waals surface area contributed by atoms with Crippen LogP contribution in [0, 0.1) is 16.7 Å². The third-order valence-electron chi connectivity index (χ3n) is 11.2. The molecule has 0 spiro atoms. The molecule has 3 fully saturated rings. The first kappa shape index (κ1) is 36.7. The first-order valence-corrected chi connectivity index (χ1v) is 16.2. The molecule has 1 saturated heterocycles. The van der Waals surface area contributed by atoms with Crippen LogP contribution >= 0.6 is 0 Å². The number of furan rings is 1. The van der Waals surface area contributed by atoms with E-state index < -0.39 is 101 Å². The average molecular weight is 692 g/mol. The zero-order chi connectivity index (χ0) is 36.3. The van der Waals surface area contributed by atoms with E-state index in [4.69, 9.17) is 23.4 Å². The number of alkyl carbamates (subject to hydrolysis) is 1. The van der Waals surface area contributed by atoms with Gasteiger partial charge in [0.05, 0.1) is 30.5 Å². The number of fused-ring (bicyclic) bond motifs is 5. The number of carbonyl (C=O) groups excluding carboxylic acids is 4. The van der Waals surface area contributed by atoms with Gasteiger partial charge in [-0.2, -0.15) is 0 Å². The molecule has 1 amide bonds. The normalized spacial score (nSPS) is 37.8. The van der Waals surface area contributed by atoms with Crippen molar-refractivity contribution < 1.29 is 68.1 Å². The monoisotopic (exact) mass is 691 g/mol. The fourth-order valence-electron chi connectivity index (χ4n) is 8.31. The summed E-state index contributed by atoms with van der Waals surface area (Å²) in [6.45, 7) is 8.35. The highest BCUT2D eigenvalue weighted by atomic mass is 16.6. The molecule has 1 aliphatic heterocycles. The van der Waals surface area contributed by atoms with E-state index in [0.717, 1.165) is 6.92 Å². The molecule has 1 aromatic rings. The second-order valence-electron chi connectivity index (χ2n) is 14.1. The van der Waals surface area contributed by atoms with Crippen LogP contribution in [0.2, 0.25) is 0 Å². The summed E-state index contributed by atoms with van der Waals surface area (Å²) in [5, 5.41) is 61.6. The minimum Gasteiger partial charge on any atom is -0.467 e. The Hall–Kier alpha value is -3.60. The molecule has 270 valence electrons. The van der Waals surface area contributed by atoms with Crippen molar-refractivity contribution in [2.45, 2.75) is 108 Å². The molecular formula is C34H45NO14. The maximum absolute atomic E-state index is 14.4. The molecule has 0 unspecified atom stereocenters. The standard InChI is InChI=1S/C34H45NO14/c1-7-8-11-46-30(42)35-23(18-10-9-12-45-18)25(39)29(41)49-19-14-34(44)28(48-17(3)36)26-32(6,20(37)13-21-33(26,43)15-47-21)27(40)24(38)22(16(19)2)31(34,4)5/h7-10,12,19-21,23-26,28,37-39,43-44H,11,13-15H2,1-6H3,(H,35,42)/b8-7+/t19-,20-,21+,23-,24+,25+,26-,28-,32+,33-,34+/m0/s1. The van der Waals surface area contributed by atoms with Crippen molar-refractivity contribution in [2.75, 3.05) is 13.2 Å². The topological polar surface area (TPSA) is 232 Å². The van der Waals surface area contributed by atoms with Gasteiger partial charge < -0.3 is 54.2 Å². The highest BCUT2D eigenvalue weighted by molar-refractivity contribution is 5.93. The first-order chi connectivity index (χ1) is 22.9. The van der Waals surface area contributed by atoms with Gasteiger partial charge in [0.25, 0.3) is 0 Å². The number of amides is 1. The molecule has 15 heteroatoms. The maximum atomic E-state index is 14.4. The molecule has 4 aliphatic rings. The Bertz CT molecular complexity index is 1530. The number of esters is 2. The molecule has 15 nitrogen and oxygen atoms in total. The average Bonchev–Trinajstić information content (AvgIpc) is 3.56. The zero-order valence-corrected chi connectivity index (χ0v) is 28.2. The third-order valence-corrected chi connectivity index (χ3v) is 11.2. The predicted octanol–water partition coefficient (Wildman–Crippen LogP) is 0.766.